The van der Waals surface area contributed by atoms with Gasteiger partial charge in [0.15, 0.2) is 0 Å². The Bertz CT molecular complexity index is 312. The number of benzene rings is 1. The summed E-state index contributed by atoms with van der Waals surface area (Å²) in [5.41, 5.74) is 1.15. The van der Waals surface area contributed by atoms with Crippen molar-refractivity contribution in [2.24, 2.45) is 5.41 Å². The normalized spacial score (nSPS) is 11.7. The van der Waals surface area contributed by atoms with Gasteiger partial charge in [-0.15, -0.1) is 0 Å². The summed E-state index contributed by atoms with van der Waals surface area (Å²) in [5.74, 6) is 0.815. The average Bonchev–Trinajstić information content (AvgIpc) is 2.21. The van der Waals surface area contributed by atoms with Gasteiger partial charge in [0.05, 0.1) is 13.2 Å². The highest BCUT2D eigenvalue weighted by Crippen LogP contribution is 2.20. The van der Waals surface area contributed by atoms with Crippen LogP contribution in [0.5, 0.6) is 0 Å². The summed E-state index contributed by atoms with van der Waals surface area (Å²) in [6.07, 6.45) is 0. The Labute approximate surface area is 102 Å². The summed E-state index contributed by atoms with van der Waals surface area (Å²) < 4.78 is 5.62. The summed E-state index contributed by atoms with van der Waals surface area (Å²) >= 11 is 10.3. The number of hydrogen-bond donors (Lipinski definition) is 1. The van der Waals surface area contributed by atoms with Crippen molar-refractivity contribution in [3.8, 4) is 0 Å². The standard InChI is InChI=1S/C12H17ClOS/c1-12(2,9-15)8-14-7-10-5-3-4-6-11(10)13/h3-6,15H,7-9H2,1-2H3. The highest BCUT2D eigenvalue weighted by atomic mass is 35.5. The third-order valence-corrected chi connectivity index (χ3v) is 3.36. The molecule has 84 valence electrons. The van der Waals surface area contributed by atoms with E-state index in [0.717, 1.165) is 16.3 Å². The molecule has 1 nitrogen and oxygen atoms in total. The number of ether oxygens (including phenoxy) is 1. The maximum Gasteiger partial charge on any atom is 0.0731 e. The predicted octanol–water partition coefficient (Wildman–Crippen LogP) is 3.81. The summed E-state index contributed by atoms with van der Waals surface area (Å²) in [5, 5.41) is 0.765. The minimum absolute atomic E-state index is 0.115. The molecule has 0 saturated heterocycles. The molecule has 3 heteroatoms. The Kier molecular flexibility index (Phi) is 4.97. The monoisotopic (exact) mass is 244 g/mol. The van der Waals surface area contributed by atoms with Gasteiger partial charge in [-0.25, -0.2) is 0 Å². The minimum Gasteiger partial charge on any atom is -0.376 e. The first-order chi connectivity index (χ1) is 7.05. The molecule has 0 amide bonds. The lowest BCUT2D eigenvalue weighted by Gasteiger charge is -2.21. The van der Waals surface area contributed by atoms with Crippen molar-refractivity contribution in [1.82, 2.24) is 0 Å². The van der Waals surface area contributed by atoms with E-state index < -0.39 is 0 Å². The third kappa shape index (κ3) is 4.45. The van der Waals surface area contributed by atoms with Crippen LogP contribution in [0.4, 0.5) is 0 Å². The van der Waals surface area contributed by atoms with Gasteiger partial charge >= 0.3 is 0 Å². The fourth-order valence-corrected chi connectivity index (χ4v) is 1.38. The summed E-state index contributed by atoms with van der Waals surface area (Å²) in [4.78, 5) is 0. The molecule has 0 fully saturated rings. The Balaban J connectivity index is 2.42. The summed E-state index contributed by atoms with van der Waals surface area (Å²) in [7, 11) is 0. The molecule has 0 atom stereocenters. The Hall–Kier alpha value is -0.180. The van der Waals surface area contributed by atoms with Gasteiger partial charge in [-0.05, 0) is 22.8 Å². The van der Waals surface area contributed by atoms with E-state index in [1.54, 1.807) is 0 Å². The van der Waals surface area contributed by atoms with Crippen molar-refractivity contribution in [3.63, 3.8) is 0 Å². The SMILES string of the molecule is CC(C)(CS)COCc1ccccc1Cl. The zero-order valence-corrected chi connectivity index (χ0v) is 10.8. The van der Waals surface area contributed by atoms with Gasteiger partial charge in [0, 0.05) is 5.02 Å². The molecule has 0 aliphatic carbocycles. The first kappa shape index (κ1) is 12.9. The van der Waals surface area contributed by atoms with Gasteiger partial charge in [0.25, 0.3) is 0 Å². The Morgan fingerprint density at radius 3 is 2.60 bits per heavy atom. The maximum atomic E-state index is 6.01. The van der Waals surface area contributed by atoms with E-state index in [0.29, 0.717) is 13.2 Å². The molecule has 0 heterocycles. The third-order valence-electron chi connectivity index (χ3n) is 2.14. The number of rotatable bonds is 5. The highest BCUT2D eigenvalue weighted by Gasteiger charge is 2.15. The second-order valence-electron chi connectivity index (χ2n) is 4.41. The van der Waals surface area contributed by atoms with E-state index in [1.165, 1.54) is 0 Å². The molecule has 0 spiro atoms. The van der Waals surface area contributed by atoms with Gasteiger partial charge < -0.3 is 4.74 Å². The number of thiol groups is 1. The van der Waals surface area contributed by atoms with Gasteiger partial charge in [0.2, 0.25) is 0 Å². The zero-order chi connectivity index (χ0) is 11.3. The molecule has 0 aliphatic rings. The van der Waals surface area contributed by atoms with Crippen LogP contribution in [0.25, 0.3) is 0 Å². The van der Waals surface area contributed by atoms with Gasteiger partial charge in [-0.3, -0.25) is 0 Å². The van der Waals surface area contributed by atoms with Crippen molar-refractivity contribution in [2.75, 3.05) is 12.4 Å². The molecule has 1 aromatic rings. The Morgan fingerprint density at radius 1 is 1.33 bits per heavy atom. The van der Waals surface area contributed by atoms with Crippen molar-refractivity contribution >= 4 is 24.2 Å². The molecule has 0 radical (unpaired) electrons. The van der Waals surface area contributed by atoms with Crippen LogP contribution in [-0.2, 0) is 11.3 Å². The van der Waals surface area contributed by atoms with E-state index >= 15 is 0 Å². The summed E-state index contributed by atoms with van der Waals surface area (Å²) in [6, 6.07) is 7.75. The van der Waals surface area contributed by atoms with Gasteiger partial charge in [-0.2, -0.15) is 12.6 Å². The number of halogens is 1. The molecule has 0 saturated carbocycles. The molecule has 0 aliphatic heterocycles. The zero-order valence-electron chi connectivity index (χ0n) is 9.16. The van der Waals surface area contributed by atoms with Gasteiger partial charge in [0.1, 0.15) is 0 Å². The van der Waals surface area contributed by atoms with Crippen LogP contribution in [0.15, 0.2) is 24.3 Å². The van der Waals surface area contributed by atoms with E-state index in [2.05, 4.69) is 26.5 Å². The second kappa shape index (κ2) is 5.78. The molecule has 1 rings (SSSR count). The van der Waals surface area contributed by atoms with Gasteiger partial charge in [-0.1, -0.05) is 43.6 Å². The lowest BCUT2D eigenvalue weighted by molar-refractivity contribution is 0.0622. The van der Waals surface area contributed by atoms with Crippen LogP contribution in [0.2, 0.25) is 5.02 Å². The molecule has 0 unspecified atom stereocenters. The highest BCUT2D eigenvalue weighted by molar-refractivity contribution is 7.80. The predicted molar refractivity (Wildman–Crippen MR) is 68.7 cm³/mol. The fraction of sp³-hybridized carbons (Fsp3) is 0.500. The van der Waals surface area contributed by atoms with Crippen LogP contribution in [0.3, 0.4) is 0 Å². The lowest BCUT2D eigenvalue weighted by Crippen LogP contribution is -2.21. The van der Waals surface area contributed by atoms with Crippen molar-refractivity contribution in [3.05, 3.63) is 34.9 Å². The molecule has 0 bridgehead atoms. The van der Waals surface area contributed by atoms with E-state index in [4.69, 9.17) is 16.3 Å². The van der Waals surface area contributed by atoms with Crippen LogP contribution >= 0.6 is 24.2 Å². The smallest absolute Gasteiger partial charge is 0.0731 e. The van der Waals surface area contributed by atoms with Crippen molar-refractivity contribution in [1.29, 1.82) is 0 Å². The van der Waals surface area contributed by atoms with Crippen LogP contribution in [0.1, 0.15) is 19.4 Å². The molecule has 0 aromatic heterocycles. The van der Waals surface area contributed by atoms with Crippen LogP contribution in [0, 0.1) is 5.41 Å². The van der Waals surface area contributed by atoms with E-state index in [9.17, 15) is 0 Å². The first-order valence-electron chi connectivity index (χ1n) is 4.97. The summed E-state index contributed by atoms with van der Waals surface area (Å²) in [6.45, 7) is 5.53. The maximum absolute atomic E-state index is 6.01. The minimum atomic E-state index is 0.115. The molecular weight excluding hydrogens is 228 g/mol. The number of hydrogen-bond acceptors (Lipinski definition) is 2. The topological polar surface area (TPSA) is 9.23 Å². The quantitative estimate of drug-likeness (QED) is 0.775. The van der Waals surface area contributed by atoms with E-state index in [1.807, 2.05) is 24.3 Å². The van der Waals surface area contributed by atoms with Crippen molar-refractivity contribution in [2.45, 2.75) is 20.5 Å². The lowest BCUT2D eigenvalue weighted by atomic mass is 9.98. The molecular formula is C12H17ClOS. The fourth-order valence-electron chi connectivity index (χ4n) is 1.10. The molecule has 15 heavy (non-hydrogen) atoms. The van der Waals surface area contributed by atoms with Crippen molar-refractivity contribution < 1.29 is 4.74 Å². The Morgan fingerprint density at radius 2 is 2.00 bits per heavy atom. The second-order valence-corrected chi connectivity index (χ2v) is 5.13. The largest absolute Gasteiger partial charge is 0.376 e. The first-order valence-corrected chi connectivity index (χ1v) is 5.98. The van der Waals surface area contributed by atoms with Crippen LogP contribution < -0.4 is 0 Å². The molecule has 1 aromatic carbocycles. The van der Waals surface area contributed by atoms with E-state index in [-0.39, 0.29) is 5.41 Å². The van der Waals surface area contributed by atoms with Crippen LogP contribution in [-0.4, -0.2) is 12.4 Å². The average molecular weight is 245 g/mol. The molecule has 0 N–H and O–H groups in total.